The van der Waals surface area contributed by atoms with Crippen LogP contribution in [0.2, 0.25) is 0 Å². The largest absolute Gasteiger partial charge is 0.392 e. The number of rotatable bonds is 3. The van der Waals surface area contributed by atoms with Crippen LogP contribution in [0.4, 0.5) is 10.1 Å². The first-order valence-corrected chi connectivity index (χ1v) is 5.60. The third-order valence-corrected chi connectivity index (χ3v) is 2.76. The molecule has 2 N–H and O–H groups in total. The van der Waals surface area contributed by atoms with E-state index in [2.05, 4.69) is 5.32 Å². The number of aliphatic hydroxyl groups excluding tert-OH is 1. The van der Waals surface area contributed by atoms with E-state index in [0.717, 1.165) is 0 Å². The molecule has 1 saturated heterocycles. The number of nitrogens with zero attached hydrogens (tertiary/aromatic N) is 1. The number of carbonyl (C=O) groups excluding carboxylic acids is 1. The first-order valence-electron chi connectivity index (χ1n) is 5.60. The van der Waals surface area contributed by atoms with E-state index in [1.54, 1.807) is 12.1 Å². The Morgan fingerprint density at radius 1 is 1.53 bits per heavy atom. The van der Waals surface area contributed by atoms with E-state index in [-0.39, 0.29) is 24.2 Å². The van der Waals surface area contributed by atoms with E-state index in [9.17, 15) is 14.3 Å². The number of hydrogen-bond donors (Lipinski definition) is 2. The average molecular weight is 238 g/mol. The molecule has 17 heavy (non-hydrogen) atoms. The van der Waals surface area contributed by atoms with Gasteiger partial charge in [-0.15, -0.1) is 0 Å². The van der Waals surface area contributed by atoms with Crippen molar-refractivity contribution in [2.75, 3.05) is 25.0 Å². The molecule has 1 aliphatic rings. The number of halogens is 1. The lowest BCUT2D eigenvalue weighted by atomic mass is 10.3. The number of nitrogens with one attached hydrogen (secondary N) is 1. The van der Waals surface area contributed by atoms with Gasteiger partial charge < -0.3 is 10.4 Å². The van der Waals surface area contributed by atoms with E-state index in [1.807, 2.05) is 4.90 Å². The molecule has 5 heteroatoms. The number of likely N-dealkylation sites (tertiary alicyclic amines) is 1. The van der Waals surface area contributed by atoms with Crippen molar-refractivity contribution in [1.82, 2.24) is 4.90 Å². The highest BCUT2D eigenvalue weighted by Crippen LogP contribution is 2.13. The minimum absolute atomic E-state index is 0.186. The molecule has 92 valence electrons. The lowest BCUT2D eigenvalue weighted by molar-refractivity contribution is -0.117. The summed E-state index contributed by atoms with van der Waals surface area (Å²) in [5.74, 6) is -0.702. The van der Waals surface area contributed by atoms with Crippen molar-refractivity contribution in [3.8, 4) is 0 Å². The number of para-hydroxylation sites is 1. The van der Waals surface area contributed by atoms with Crippen LogP contribution in [0.3, 0.4) is 0 Å². The Morgan fingerprint density at radius 2 is 2.29 bits per heavy atom. The van der Waals surface area contributed by atoms with Crippen LogP contribution in [0.5, 0.6) is 0 Å². The Kier molecular flexibility index (Phi) is 3.71. The Hall–Kier alpha value is -1.46. The second-order valence-electron chi connectivity index (χ2n) is 4.21. The van der Waals surface area contributed by atoms with Crippen LogP contribution in [0.15, 0.2) is 24.3 Å². The highest BCUT2D eigenvalue weighted by molar-refractivity contribution is 5.92. The van der Waals surface area contributed by atoms with Gasteiger partial charge in [0, 0.05) is 13.1 Å². The first kappa shape index (κ1) is 12.0. The Bertz CT molecular complexity index is 411. The van der Waals surface area contributed by atoms with Crippen LogP contribution in [0.25, 0.3) is 0 Å². The summed E-state index contributed by atoms with van der Waals surface area (Å²) in [7, 11) is 0. The van der Waals surface area contributed by atoms with Gasteiger partial charge in [-0.1, -0.05) is 12.1 Å². The van der Waals surface area contributed by atoms with Crippen LogP contribution in [-0.2, 0) is 4.79 Å². The minimum Gasteiger partial charge on any atom is -0.392 e. The molecule has 0 spiro atoms. The Morgan fingerprint density at radius 3 is 2.94 bits per heavy atom. The molecule has 1 aromatic carbocycles. The lowest BCUT2D eigenvalue weighted by Gasteiger charge is -2.14. The Balaban J connectivity index is 1.87. The highest BCUT2D eigenvalue weighted by atomic mass is 19.1. The normalized spacial score (nSPS) is 20.5. The molecule has 1 aliphatic heterocycles. The molecule has 1 amide bonds. The lowest BCUT2D eigenvalue weighted by Crippen LogP contribution is -2.32. The van der Waals surface area contributed by atoms with Crippen molar-refractivity contribution in [1.29, 1.82) is 0 Å². The standard InChI is InChI=1S/C12H15FN2O2/c13-10-3-1-2-4-11(10)14-12(17)8-15-6-5-9(16)7-15/h1-4,9,16H,5-8H2,(H,14,17)/t9-/m1/s1. The van der Waals surface area contributed by atoms with Gasteiger partial charge in [0.05, 0.1) is 18.3 Å². The van der Waals surface area contributed by atoms with Crippen molar-refractivity contribution < 1.29 is 14.3 Å². The predicted molar refractivity (Wildman–Crippen MR) is 62.1 cm³/mol. The second-order valence-corrected chi connectivity index (χ2v) is 4.21. The molecule has 4 nitrogen and oxygen atoms in total. The summed E-state index contributed by atoms with van der Waals surface area (Å²) >= 11 is 0. The second kappa shape index (κ2) is 5.25. The Labute approximate surface area is 99.0 Å². The smallest absolute Gasteiger partial charge is 0.238 e. The molecular weight excluding hydrogens is 223 g/mol. The predicted octanol–water partition coefficient (Wildman–Crippen LogP) is 0.831. The van der Waals surface area contributed by atoms with E-state index in [1.165, 1.54) is 12.1 Å². The van der Waals surface area contributed by atoms with Crippen LogP contribution < -0.4 is 5.32 Å². The van der Waals surface area contributed by atoms with Gasteiger partial charge >= 0.3 is 0 Å². The molecule has 1 atom stereocenters. The molecule has 0 bridgehead atoms. The third kappa shape index (κ3) is 3.25. The van der Waals surface area contributed by atoms with E-state index >= 15 is 0 Å². The van der Waals surface area contributed by atoms with Gasteiger partial charge in [0.15, 0.2) is 0 Å². The molecule has 2 rings (SSSR count). The van der Waals surface area contributed by atoms with Crippen molar-refractivity contribution in [3.63, 3.8) is 0 Å². The summed E-state index contributed by atoms with van der Waals surface area (Å²) in [5, 5.41) is 11.8. The SMILES string of the molecule is O=C(CN1CC[C@@H](O)C1)Nc1ccccc1F. The van der Waals surface area contributed by atoms with Gasteiger partial charge in [-0.2, -0.15) is 0 Å². The van der Waals surface area contributed by atoms with Crippen molar-refractivity contribution >= 4 is 11.6 Å². The highest BCUT2D eigenvalue weighted by Gasteiger charge is 2.22. The number of aliphatic hydroxyl groups is 1. The molecule has 1 aromatic rings. The molecule has 1 heterocycles. The van der Waals surface area contributed by atoms with Gasteiger partial charge in [0.1, 0.15) is 5.82 Å². The average Bonchev–Trinajstić information content (AvgIpc) is 2.67. The molecule has 0 unspecified atom stereocenters. The molecule has 0 radical (unpaired) electrons. The summed E-state index contributed by atoms with van der Waals surface area (Å²) < 4.78 is 13.3. The molecule has 0 saturated carbocycles. The summed E-state index contributed by atoms with van der Waals surface area (Å²) in [6.45, 7) is 1.39. The molecule has 0 aliphatic carbocycles. The van der Waals surface area contributed by atoms with Crippen LogP contribution in [-0.4, -0.2) is 41.7 Å². The van der Waals surface area contributed by atoms with Gasteiger partial charge in [0.25, 0.3) is 0 Å². The topological polar surface area (TPSA) is 52.6 Å². The van der Waals surface area contributed by atoms with E-state index in [0.29, 0.717) is 19.5 Å². The number of hydrogen-bond acceptors (Lipinski definition) is 3. The summed E-state index contributed by atoms with van der Waals surface area (Å²) in [6.07, 6.45) is 0.337. The monoisotopic (exact) mass is 238 g/mol. The number of anilines is 1. The van der Waals surface area contributed by atoms with E-state index < -0.39 is 5.82 Å². The quantitative estimate of drug-likeness (QED) is 0.820. The zero-order chi connectivity index (χ0) is 12.3. The summed E-state index contributed by atoms with van der Waals surface area (Å²) in [5.41, 5.74) is 0.192. The van der Waals surface area contributed by atoms with E-state index in [4.69, 9.17) is 0 Å². The fraction of sp³-hybridized carbons (Fsp3) is 0.417. The molecule has 0 aromatic heterocycles. The number of carbonyl (C=O) groups is 1. The van der Waals surface area contributed by atoms with Crippen molar-refractivity contribution in [3.05, 3.63) is 30.1 Å². The maximum atomic E-state index is 13.3. The zero-order valence-corrected chi connectivity index (χ0v) is 9.40. The third-order valence-electron chi connectivity index (χ3n) is 2.76. The maximum Gasteiger partial charge on any atom is 0.238 e. The maximum absolute atomic E-state index is 13.3. The van der Waals surface area contributed by atoms with Crippen LogP contribution in [0.1, 0.15) is 6.42 Å². The number of amides is 1. The molecule has 1 fully saturated rings. The molecular formula is C12H15FN2O2. The van der Waals surface area contributed by atoms with Crippen LogP contribution in [0, 0.1) is 5.82 Å². The van der Waals surface area contributed by atoms with Crippen molar-refractivity contribution in [2.45, 2.75) is 12.5 Å². The minimum atomic E-state index is -0.442. The van der Waals surface area contributed by atoms with Gasteiger partial charge in [-0.25, -0.2) is 4.39 Å². The summed E-state index contributed by atoms with van der Waals surface area (Å²) in [4.78, 5) is 13.5. The van der Waals surface area contributed by atoms with Gasteiger partial charge in [-0.3, -0.25) is 9.69 Å². The van der Waals surface area contributed by atoms with Crippen LogP contribution >= 0.6 is 0 Å². The number of benzene rings is 1. The van der Waals surface area contributed by atoms with Crippen molar-refractivity contribution in [2.24, 2.45) is 0 Å². The fourth-order valence-corrected chi connectivity index (χ4v) is 1.91. The summed E-state index contributed by atoms with van der Waals surface area (Å²) in [6, 6.07) is 6.06. The van der Waals surface area contributed by atoms with Gasteiger partial charge in [-0.05, 0) is 18.6 Å². The fourth-order valence-electron chi connectivity index (χ4n) is 1.91. The number of β-amino-alcohol motifs (C(OH)–C–C–N with tert-alkyl or cyclic N) is 1. The first-order chi connectivity index (χ1) is 8.15. The zero-order valence-electron chi connectivity index (χ0n) is 9.40. The van der Waals surface area contributed by atoms with Gasteiger partial charge in [0.2, 0.25) is 5.91 Å².